The number of imidazole rings is 1. The van der Waals surface area contributed by atoms with Crippen LogP contribution in [0.1, 0.15) is 5.69 Å². The number of hydrogen-bond donors (Lipinski definition) is 1. The third-order valence-electron chi connectivity index (χ3n) is 3.47. The monoisotopic (exact) mass is 399 g/mol. The fraction of sp³-hybridized carbons (Fsp3) is 0.133. The van der Waals surface area contributed by atoms with Crippen molar-refractivity contribution in [1.82, 2.24) is 14.1 Å². The lowest BCUT2D eigenvalue weighted by molar-refractivity contribution is 0.580. The van der Waals surface area contributed by atoms with Crippen LogP contribution in [0.5, 0.6) is 0 Å². The molecule has 0 bridgehead atoms. The second-order valence-corrected chi connectivity index (χ2v) is 9.63. The van der Waals surface area contributed by atoms with Crippen LogP contribution in [0, 0.1) is 0 Å². The molecule has 7 nitrogen and oxygen atoms in total. The number of nitrogens with zero attached hydrogens (tertiary/aromatic N) is 2. The Bertz CT molecular complexity index is 1140. The zero-order chi connectivity index (χ0) is 18.2. The van der Waals surface area contributed by atoms with Crippen LogP contribution in [-0.2, 0) is 26.4 Å². The first-order chi connectivity index (χ1) is 11.6. The van der Waals surface area contributed by atoms with E-state index in [1.54, 1.807) is 28.9 Å². The van der Waals surface area contributed by atoms with E-state index in [2.05, 4.69) is 9.71 Å². The van der Waals surface area contributed by atoms with Gasteiger partial charge in [-0.15, -0.1) is 0 Å². The van der Waals surface area contributed by atoms with Crippen LogP contribution in [0.15, 0.2) is 58.6 Å². The lowest BCUT2D eigenvalue weighted by Crippen LogP contribution is -2.23. The summed E-state index contributed by atoms with van der Waals surface area (Å²) in [5, 5.41) is 0.544. The molecule has 0 fully saturated rings. The predicted molar refractivity (Wildman–Crippen MR) is 93.8 cm³/mol. The van der Waals surface area contributed by atoms with Crippen molar-refractivity contribution in [3.63, 3.8) is 0 Å². The number of fused-ring (bicyclic) bond motifs is 1. The van der Waals surface area contributed by atoms with Crippen LogP contribution in [0.2, 0.25) is 5.02 Å². The Morgan fingerprint density at radius 3 is 2.28 bits per heavy atom. The zero-order valence-electron chi connectivity index (χ0n) is 13.0. The zero-order valence-corrected chi connectivity index (χ0v) is 15.4. The molecule has 2 aromatic heterocycles. The van der Waals surface area contributed by atoms with Crippen LogP contribution in [-0.4, -0.2) is 32.5 Å². The molecule has 0 unspecified atom stereocenters. The first kappa shape index (κ1) is 17.9. The molecule has 3 rings (SSSR count). The van der Waals surface area contributed by atoms with Crippen molar-refractivity contribution in [2.45, 2.75) is 16.3 Å². The van der Waals surface area contributed by atoms with E-state index in [1.807, 2.05) is 0 Å². The van der Waals surface area contributed by atoms with Crippen molar-refractivity contribution in [3.05, 3.63) is 59.5 Å². The summed E-state index contributed by atoms with van der Waals surface area (Å²) in [7, 11) is -7.16. The van der Waals surface area contributed by atoms with Crippen LogP contribution < -0.4 is 4.72 Å². The Labute approximate surface area is 150 Å². The molecule has 3 aromatic rings. The summed E-state index contributed by atoms with van der Waals surface area (Å²) < 4.78 is 51.6. The first-order valence-corrected chi connectivity index (χ1v) is 10.8. The van der Waals surface area contributed by atoms with E-state index in [4.69, 9.17) is 11.6 Å². The van der Waals surface area contributed by atoms with Crippen molar-refractivity contribution in [1.29, 1.82) is 0 Å². The maximum atomic E-state index is 12.3. The van der Waals surface area contributed by atoms with Crippen LogP contribution in [0.4, 0.5) is 0 Å². The van der Waals surface area contributed by atoms with Gasteiger partial charge in [-0.3, -0.25) is 0 Å². The molecule has 132 valence electrons. The Morgan fingerprint density at radius 2 is 1.64 bits per heavy atom. The molecule has 0 aliphatic carbocycles. The highest BCUT2D eigenvalue weighted by Gasteiger charge is 2.16. The van der Waals surface area contributed by atoms with Gasteiger partial charge in [-0.1, -0.05) is 11.6 Å². The topological polar surface area (TPSA) is 97.6 Å². The van der Waals surface area contributed by atoms with Crippen LogP contribution in [0.25, 0.3) is 5.65 Å². The molecule has 0 amide bonds. The molecule has 0 atom stereocenters. The summed E-state index contributed by atoms with van der Waals surface area (Å²) in [6.07, 6.45) is 4.41. The van der Waals surface area contributed by atoms with Gasteiger partial charge in [0, 0.05) is 18.6 Å². The summed E-state index contributed by atoms with van der Waals surface area (Å²) in [6.45, 7) is -0.00450. The summed E-state index contributed by atoms with van der Waals surface area (Å²) in [6, 6.07) is 8.45. The third-order valence-corrected chi connectivity index (χ3v) is 6.24. The lowest BCUT2D eigenvalue weighted by atomic mass is 10.4. The highest BCUT2D eigenvalue weighted by atomic mass is 35.5. The average molecular weight is 400 g/mol. The van der Waals surface area contributed by atoms with Gasteiger partial charge in [0.15, 0.2) is 9.84 Å². The van der Waals surface area contributed by atoms with Gasteiger partial charge in [0.05, 0.1) is 27.1 Å². The van der Waals surface area contributed by atoms with E-state index < -0.39 is 19.9 Å². The van der Waals surface area contributed by atoms with Gasteiger partial charge in [-0.05, 0) is 36.4 Å². The Hall–Kier alpha value is -1.94. The molecular weight excluding hydrogens is 386 g/mol. The maximum Gasteiger partial charge on any atom is 0.240 e. The molecule has 0 saturated carbocycles. The molecule has 10 heteroatoms. The Morgan fingerprint density at radius 1 is 1.00 bits per heavy atom. The van der Waals surface area contributed by atoms with Crippen molar-refractivity contribution in [2.24, 2.45) is 0 Å². The number of benzene rings is 1. The normalized spacial score (nSPS) is 12.6. The molecule has 2 heterocycles. The van der Waals surface area contributed by atoms with Crippen LogP contribution in [0.3, 0.4) is 0 Å². The molecule has 1 aromatic carbocycles. The Balaban J connectivity index is 1.78. The third kappa shape index (κ3) is 4.01. The van der Waals surface area contributed by atoms with E-state index in [0.29, 0.717) is 16.4 Å². The predicted octanol–water partition coefficient (Wildman–Crippen LogP) is 1.87. The van der Waals surface area contributed by atoms with Gasteiger partial charge >= 0.3 is 0 Å². The number of sulfonamides is 1. The molecule has 0 spiro atoms. The number of nitrogens with one attached hydrogen (secondary N) is 1. The Kier molecular flexibility index (Phi) is 4.58. The fourth-order valence-electron chi connectivity index (χ4n) is 2.22. The average Bonchev–Trinajstić information content (AvgIpc) is 2.94. The van der Waals surface area contributed by atoms with Gasteiger partial charge in [0.1, 0.15) is 5.65 Å². The molecular formula is C15H14ClN3O4S2. The summed E-state index contributed by atoms with van der Waals surface area (Å²) in [4.78, 5) is 4.33. The summed E-state index contributed by atoms with van der Waals surface area (Å²) in [5.74, 6) is 0. The minimum atomic E-state index is -3.79. The summed E-state index contributed by atoms with van der Waals surface area (Å²) in [5.41, 5.74) is 1.18. The van der Waals surface area contributed by atoms with E-state index in [0.717, 1.165) is 6.26 Å². The van der Waals surface area contributed by atoms with Crippen LogP contribution >= 0.6 is 11.6 Å². The number of rotatable bonds is 5. The standard InChI is InChI=1S/C15H14ClN3O4S2/c1-24(20,21)13-3-5-14(6-4-13)25(22,23)17-8-12-10-19-9-11(16)2-7-15(19)18-12/h2-7,9-10,17H,8H2,1H3. The number of halogens is 1. The lowest BCUT2D eigenvalue weighted by Gasteiger charge is -2.06. The molecule has 0 saturated heterocycles. The van der Waals surface area contributed by atoms with Gasteiger partial charge in [0.25, 0.3) is 0 Å². The van der Waals surface area contributed by atoms with Crippen molar-refractivity contribution in [2.75, 3.05) is 6.26 Å². The molecule has 1 N–H and O–H groups in total. The quantitative estimate of drug-likeness (QED) is 0.706. The minimum Gasteiger partial charge on any atom is -0.305 e. The fourth-order valence-corrected chi connectivity index (χ4v) is 4.02. The second kappa shape index (κ2) is 6.41. The van der Waals surface area contributed by atoms with Crippen molar-refractivity contribution < 1.29 is 16.8 Å². The first-order valence-electron chi connectivity index (χ1n) is 7.08. The highest BCUT2D eigenvalue weighted by Crippen LogP contribution is 2.15. The summed E-state index contributed by atoms with van der Waals surface area (Å²) >= 11 is 5.90. The molecule has 0 radical (unpaired) electrons. The second-order valence-electron chi connectivity index (χ2n) is 5.41. The van der Waals surface area contributed by atoms with Crippen molar-refractivity contribution >= 4 is 37.1 Å². The molecule has 0 aliphatic heterocycles. The van der Waals surface area contributed by atoms with Gasteiger partial charge in [-0.25, -0.2) is 26.5 Å². The largest absolute Gasteiger partial charge is 0.305 e. The molecule has 25 heavy (non-hydrogen) atoms. The van der Waals surface area contributed by atoms with E-state index in [-0.39, 0.29) is 16.3 Å². The van der Waals surface area contributed by atoms with Gasteiger partial charge in [-0.2, -0.15) is 0 Å². The van der Waals surface area contributed by atoms with E-state index in [9.17, 15) is 16.8 Å². The van der Waals surface area contributed by atoms with Gasteiger partial charge in [0.2, 0.25) is 10.0 Å². The minimum absolute atomic E-state index is 0.00450. The highest BCUT2D eigenvalue weighted by molar-refractivity contribution is 7.90. The smallest absolute Gasteiger partial charge is 0.240 e. The van der Waals surface area contributed by atoms with E-state index >= 15 is 0 Å². The maximum absolute atomic E-state index is 12.3. The number of aromatic nitrogens is 2. The van der Waals surface area contributed by atoms with Gasteiger partial charge < -0.3 is 4.40 Å². The molecule has 0 aliphatic rings. The number of hydrogen-bond acceptors (Lipinski definition) is 5. The number of sulfone groups is 1. The number of pyridine rings is 1. The van der Waals surface area contributed by atoms with E-state index in [1.165, 1.54) is 24.3 Å². The SMILES string of the molecule is CS(=O)(=O)c1ccc(S(=O)(=O)NCc2cn3cc(Cl)ccc3n2)cc1. The van der Waals surface area contributed by atoms with Crippen molar-refractivity contribution in [3.8, 4) is 0 Å².